The second-order valence-electron chi connectivity index (χ2n) is 3.50. The fourth-order valence-electron chi connectivity index (χ4n) is 1.59. The maximum absolute atomic E-state index is 12.3. The Morgan fingerprint density at radius 1 is 1.47 bits per heavy atom. The van der Waals surface area contributed by atoms with Gasteiger partial charge in [-0.1, -0.05) is 0 Å². The fourth-order valence-corrected chi connectivity index (χ4v) is 1.59. The van der Waals surface area contributed by atoms with Crippen LogP contribution in [0.1, 0.15) is 11.6 Å². The fraction of sp³-hybridized carbons (Fsp3) is 0.625. The van der Waals surface area contributed by atoms with Gasteiger partial charge >= 0.3 is 6.18 Å². The Bertz CT molecular complexity index is 349. The van der Waals surface area contributed by atoms with Crippen LogP contribution in [0.2, 0.25) is 0 Å². The zero-order chi connectivity index (χ0) is 11.1. The summed E-state index contributed by atoms with van der Waals surface area (Å²) in [6.07, 6.45) is -3.38. The Morgan fingerprint density at radius 2 is 2.20 bits per heavy atom. The van der Waals surface area contributed by atoms with Crippen molar-refractivity contribution in [1.29, 1.82) is 0 Å². The molecule has 1 aliphatic heterocycles. The number of halogens is 3. The molecule has 15 heavy (non-hydrogen) atoms. The highest BCUT2D eigenvalue weighted by Gasteiger charge is 2.34. The van der Waals surface area contributed by atoms with Gasteiger partial charge in [-0.15, -0.1) is 0 Å². The Labute approximate surface area is 83.7 Å². The van der Waals surface area contributed by atoms with Gasteiger partial charge in [0.25, 0.3) is 0 Å². The summed E-state index contributed by atoms with van der Waals surface area (Å²) in [6, 6.07) is -0.416. The van der Waals surface area contributed by atoms with Crippen LogP contribution >= 0.6 is 0 Å². The number of aliphatic hydroxyl groups is 1. The molecule has 2 unspecified atom stereocenters. The van der Waals surface area contributed by atoms with Gasteiger partial charge in [-0.25, -0.2) is 0 Å². The first-order valence-corrected chi connectivity index (χ1v) is 4.48. The average molecular weight is 221 g/mol. The molecule has 1 fully saturated rings. The van der Waals surface area contributed by atoms with Gasteiger partial charge in [-0.05, 0) is 0 Å². The maximum atomic E-state index is 12.3. The smallest absolute Gasteiger partial charge is 0.390 e. The molecule has 2 rings (SSSR count). The van der Waals surface area contributed by atoms with Crippen LogP contribution in [0.3, 0.4) is 0 Å². The number of aromatic nitrogens is 2. The minimum absolute atomic E-state index is 0.381. The highest BCUT2D eigenvalue weighted by Crippen LogP contribution is 2.29. The quantitative estimate of drug-likeness (QED) is 0.722. The van der Waals surface area contributed by atoms with Crippen LogP contribution in [0.5, 0.6) is 0 Å². The molecular weight excluding hydrogens is 211 g/mol. The van der Waals surface area contributed by atoms with E-state index in [0.717, 1.165) is 17.1 Å². The first-order valence-electron chi connectivity index (χ1n) is 4.48. The molecule has 0 aliphatic carbocycles. The minimum Gasteiger partial charge on any atom is -0.390 e. The Hall–Kier alpha value is -1.08. The van der Waals surface area contributed by atoms with E-state index in [9.17, 15) is 18.3 Å². The third kappa shape index (κ3) is 1.98. The number of nitrogens with zero attached hydrogens (tertiary/aromatic N) is 2. The molecule has 0 bridgehead atoms. The van der Waals surface area contributed by atoms with Gasteiger partial charge < -0.3 is 10.4 Å². The van der Waals surface area contributed by atoms with Crippen LogP contribution in [0.4, 0.5) is 13.2 Å². The summed E-state index contributed by atoms with van der Waals surface area (Å²) < 4.78 is 37.9. The second kappa shape index (κ2) is 3.49. The third-order valence-electron chi connectivity index (χ3n) is 2.42. The van der Waals surface area contributed by atoms with E-state index in [0.29, 0.717) is 13.1 Å². The Morgan fingerprint density at radius 3 is 2.67 bits per heavy atom. The molecule has 0 saturated carbocycles. The number of rotatable bonds is 1. The van der Waals surface area contributed by atoms with Crippen molar-refractivity contribution >= 4 is 0 Å². The predicted octanol–water partition coefficient (Wildman–Crippen LogP) is 0.407. The zero-order valence-corrected chi connectivity index (χ0v) is 7.70. The van der Waals surface area contributed by atoms with Crippen molar-refractivity contribution in [2.75, 3.05) is 13.1 Å². The first-order chi connectivity index (χ1) is 6.98. The molecule has 1 aromatic heterocycles. The van der Waals surface area contributed by atoms with Gasteiger partial charge in [0, 0.05) is 19.3 Å². The summed E-state index contributed by atoms with van der Waals surface area (Å²) in [6.45, 7) is 0.812. The van der Waals surface area contributed by atoms with Gasteiger partial charge in [0.15, 0.2) is 0 Å². The van der Waals surface area contributed by atoms with E-state index in [1.807, 2.05) is 0 Å². The Kier molecular flexibility index (Phi) is 2.43. The first kappa shape index (κ1) is 10.4. The van der Waals surface area contributed by atoms with Gasteiger partial charge in [0.05, 0.1) is 23.9 Å². The molecule has 2 N–H and O–H groups in total. The van der Waals surface area contributed by atoms with Gasteiger partial charge in [0.1, 0.15) is 0 Å². The normalized spacial score (nSPS) is 27.2. The summed E-state index contributed by atoms with van der Waals surface area (Å²) in [4.78, 5) is 0. The summed E-state index contributed by atoms with van der Waals surface area (Å²) in [7, 11) is 0. The molecule has 7 heteroatoms. The van der Waals surface area contributed by atoms with Gasteiger partial charge in [-0.3, -0.25) is 4.68 Å². The topological polar surface area (TPSA) is 50.1 Å². The molecule has 1 saturated heterocycles. The Balaban J connectivity index is 2.20. The van der Waals surface area contributed by atoms with Crippen molar-refractivity contribution < 1.29 is 18.3 Å². The lowest BCUT2D eigenvalue weighted by atomic mass is 10.2. The molecule has 84 valence electrons. The van der Waals surface area contributed by atoms with Crippen LogP contribution in [-0.4, -0.2) is 34.1 Å². The molecule has 0 amide bonds. The molecular formula is C8H10F3N3O. The summed E-state index contributed by atoms with van der Waals surface area (Å²) in [5.41, 5.74) is -0.790. The molecule has 0 radical (unpaired) electrons. The standard InChI is InChI=1S/C8H10F3N3O/c9-8(10,11)5-1-13-14(4-5)6-2-12-3-7(6)15/h1,4,6-7,12,15H,2-3H2. The minimum atomic E-state index is -4.38. The van der Waals surface area contributed by atoms with Crippen molar-refractivity contribution in [2.45, 2.75) is 18.3 Å². The van der Waals surface area contributed by atoms with Crippen molar-refractivity contribution in [3.8, 4) is 0 Å². The monoisotopic (exact) mass is 221 g/mol. The summed E-state index contributed by atoms with van der Waals surface area (Å²) in [5.74, 6) is 0. The van der Waals surface area contributed by atoms with E-state index < -0.39 is 23.9 Å². The lowest BCUT2D eigenvalue weighted by Crippen LogP contribution is -2.22. The lowest BCUT2D eigenvalue weighted by molar-refractivity contribution is -0.137. The highest BCUT2D eigenvalue weighted by molar-refractivity contribution is 5.09. The van der Waals surface area contributed by atoms with Crippen LogP contribution in [-0.2, 0) is 6.18 Å². The zero-order valence-electron chi connectivity index (χ0n) is 7.70. The average Bonchev–Trinajstić information content (AvgIpc) is 2.69. The highest BCUT2D eigenvalue weighted by atomic mass is 19.4. The second-order valence-corrected chi connectivity index (χ2v) is 3.50. The molecule has 2 heterocycles. The van der Waals surface area contributed by atoms with E-state index in [-0.39, 0.29) is 0 Å². The molecule has 1 aromatic rings. The van der Waals surface area contributed by atoms with Crippen LogP contribution in [0, 0.1) is 0 Å². The lowest BCUT2D eigenvalue weighted by Gasteiger charge is -2.13. The predicted molar refractivity (Wildman–Crippen MR) is 45.1 cm³/mol. The summed E-state index contributed by atoms with van der Waals surface area (Å²) >= 11 is 0. The largest absolute Gasteiger partial charge is 0.419 e. The number of hydrogen-bond donors (Lipinski definition) is 2. The SMILES string of the molecule is OC1CNCC1n1cc(C(F)(F)F)cn1. The van der Waals surface area contributed by atoms with Crippen LogP contribution in [0.25, 0.3) is 0 Å². The van der Waals surface area contributed by atoms with Crippen molar-refractivity contribution in [1.82, 2.24) is 15.1 Å². The number of hydrogen-bond acceptors (Lipinski definition) is 3. The van der Waals surface area contributed by atoms with E-state index in [2.05, 4.69) is 10.4 Å². The number of aliphatic hydroxyl groups excluding tert-OH is 1. The van der Waals surface area contributed by atoms with Crippen molar-refractivity contribution in [2.24, 2.45) is 0 Å². The molecule has 2 atom stereocenters. The van der Waals surface area contributed by atoms with Crippen LogP contribution in [0.15, 0.2) is 12.4 Å². The van der Waals surface area contributed by atoms with E-state index in [1.165, 1.54) is 0 Å². The molecule has 0 aromatic carbocycles. The number of β-amino-alcohol motifs (C(OH)–C–C–N with tert-alkyl or cyclic N) is 1. The third-order valence-corrected chi connectivity index (χ3v) is 2.42. The van der Waals surface area contributed by atoms with E-state index in [4.69, 9.17) is 0 Å². The number of nitrogens with one attached hydrogen (secondary N) is 1. The molecule has 4 nitrogen and oxygen atoms in total. The van der Waals surface area contributed by atoms with Crippen molar-refractivity contribution in [3.63, 3.8) is 0 Å². The molecule has 0 spiro atoms. The molecule has 1 aliphatic rings. The van der Waals surface area contributed by atoms with Crippen molar-refractivity contribution in [3.05, 3.63) is 18.0 Å². The number of alkyl halides is 3. The summed E-state index contributed by atoms with van der Waals surface area (Å²) in [5, 5.41) is 15.9. The maximum Gasteiger partial charge on any atom is 0.419 e. The van der Waals surface area contributed by atoms with Crippen LogP contribution < -0.4 is 5.32 Å². The van der Waals surface area contributed by atoms with Gasteiger partial charge in [0.2, 0.25) is 0 Å². The van der Waals surface area contributed by atoms with E-state index >= 15 is 0 Å². The van der Waals surface area contributed by atoms with E-state index in [1.54, 1.807) is 0 Å². The van der Waals surface area contributed by atoms with Gasteiger partial charge in [-0.2, -0.15) is 18.3 Å².